The van der Waals surface area contributed by atoms with E-state index in [0.717, 1.165) is 6.42 Å². The van der Waals surface area contributed by atoms with Crippen molar-refractivity contribution in [2.75, 3.05) is 0 Å². The van der Waals surface area contributed by atoms with Crippen molar-refractivity contribution in [1.29, 1.82) is 0 Å². The van der Waals surface area contributed by atoms with Crippen LogP contribution in [0.1, 0.15) is 33.6 Å². The summed E-state index contributed by atoms with van der Waals surface area (Å²) < 4.78 is 17.8. The summed E-state index contributed by atoms with van der Waals surface area (Å²) in [5.41, 5.74) is 0.310. The number of nitrogens with one attached hydrogen (secondary N) is 1. The number of halogens is 1. The van der Waals surface area contributed by atoms with Gasteiger partial charge < -0.3 is 4.74 Å². The van der Waals surface area contributed by atoms with Crippen molar-refractivity contribution >= 4 is 5.97 Å². The van der Waals surface area contributed by atoms with Crippen LogP contribution in [0.15, 0.2) is 12.2 Å². The second-order valence-electron chi connectivity index (χ2n) is 3.25. The van der Waals surface area contributed by atoms with Gasteiger partial charge >= 0.3 is 5.97 Å². The molecule has 0 aromatic rings. The molecular weight excluding hydrogens is 185 g/mol. The summed E-state index contributed by atoms with van der Waals surface area (Å²) in [5, 5.41) is 2.52. The van der Waals surface area contributed by atoms with Crippen molar-refractivity contribution in [3.8, 4) is 0 Å². The van der Waals surface area contributed by atoms with Gasteiger partial charge in [-0.25, -0.2) is 9.18 Å². The first kappa shape index (κ1) is 13.1. The maximum Gasteiger partial charge on any atom is 0.334 e. The molecule has 4 heteroatoms. The predicted octanol–water partition coefficient (Wildman–Crippen LogP) is 2.14. The Morgan fingerprint density at radius 1 is 1.64 bits per heavy atom. The lowest BCUT2D eigenvalue weighted by atomic mass is 10.3. The third kappa shape index (κ3) is 5.70. The Labute approximate surface area is 84.3 Å². The van der Waals surface area contributed by atoms with Crippen molar-refractivity contribution in [1.82, 2.24) is 5.32 Å². The van der Waals surface area contributed by atoms with E-state index in [1.807, 2.05) is 6.92 Å². The van der Waals surface area contributed by atoms with Crippen molar-refractivity contribution in [3.63, 3.8) is 0 Å². The normalized spacial score (nSPS) is 14.6. The molecule has 0 aromatic carbocycles. The Bertz CT molecular complexity index is 206. The van der Waals surface area contributed by atoms with Gasteiger partial charge in [0.15, 0.2) is 12.5 Å². The molecule has 0 aliphatic rings. The number of rotatable bonds is 6. The van der Waals surface area contributed by atoms with E-state index in [4.69, 9.17) is 4.74 Å². The molecule has 1 N–H and O–H groups in total. The summed E-state index contributed by atoms with van der Waals surface area (Å²) >= 11 is 0. The van der Waals surface area contributed by atoms with Crippen LogP contribution in [0, 0.1) is 0 Å². The smallest absolute Gasteiger partial charge is 0.334 e. The van der Waals surface area contributed by atoms with E-state index < -0.39 is 18.5 Å². The minimum atomic E-state index is -1.13. The average Bonchev–Trinajstić information content (AvgIpc) is 2.03. The number of alkyl halides is 1. The van der Waals surface area contributed by atoms with Gasteiger partial charge in [-0.15, -0.1) is 0 Å². The van der Waals surface area contributed by atoms with Crippen LogP contribution in [0.5, 0.6) is 0 Å². The molecule has 0 fully saturated rings. The van der Waals surface area contributed by atoms with Gasteiger partial charge in [-0.3, -0.25) is 5.32 Å². The highest BCUT2D eigenvalue weighted by Gasteiger charge is 2.13. The van der Waals surface area contributed by atoms with E-state index >= 15 is 0 Å². The molecule has 0 aromatic heterocycles. The molecule has 0 rings (SSSR count). The molecular formula is C10H18FNO2. The summed E-state index contributed by atoms with van der Waals surface area (Å²) in [6, 6.07) is 0. The minimum Gasteiger partial charge on any atom is -0.443 e. The lowest BCUT2D eigenvalue weighted by Gasteiger charge is -2.17. The molecule has 0 aliphatic heterocycles. The summed E-state index contributed by atoms with van der Waals surface area (Å²) in [6.45, 7) is 8.45. The van der Waals surface area contributed by atoms with Gasteiger partial charge in [0, 0.05) is 5.57 Å². The molecule has 0 saturated carbocycles. The molecule has 0 spiro atoms. The first-order chi connectivity index (χ1) is 6.47. The molecule has 14 heavy (non-hydrogen) atoms. The standard InChI is InChI=1S/C10H18FNO2/c1-5-6-9(11)12-8(4)14-10(13)7(2)3/h8-9,12H,2,5-6H2,1,3-4H3. The van der Waals surface area contributed by atoms with Crippen LogP contribution in [-0.2, 0) is 9.53 Å². The van der Waals surface area contributed by atoms with Gasteiger partial charge in [-0.1, -0.05) is 19.9 Å². The van der Waals surface area contributed by atoms with Gasteiger partial charge in [0.25, 0.3) is 0 Å². The second-order valence-corrected chi connectivity index (χ2v) is 3.25. The van der Waals surface area contributed by atoms with Crippen molar-refractivity contribution < 1.29 is 13.9 Å². The van der Waals surface area contributed by atoms with Gasteiger partial charge in [-0.2, -0.15) is 0 Å². The third-order valence-electron chi connectivity index (χ3n) is 1.59. The van der Waals surface area contributed by atoms with Crippen LogP contribution < -0.4 is 5.32 Å². The summed E-state index contributed by atoms with van der Waals surface area (Å²) in [6.07, 6.45) is -0.599. The van der Waals surface area contributed by atoms with Gasteiger partial charge in [0.2, 0.25) is 0 Å². The fourth-order valence-electron chi connectivity index (χ4n) is 0.887. The summed E-state index contributed by atoms with van der Waals surface area (Å²) in [4.78, 5) is 11.0. The van der Waals surface area contributed by atoms with Crippen LogP contribution in [0.3, 0.4) is 0 Å². The Morgan fingerprint density at radius 3 is 2.64 bits per heavy atom. The predicted molar refractivity (Wildman–Crippen MR) is 53.3 cm³/mol. The van der Waals surface area contributed by atoms with Gasteiger partial charge in [0.1, 0.15) is 0 Å². The number of esters is 1. The molecule has 0 saturated heterocycles. The van der Waals surface area contributed by atoms with E-state index in [2.05, 4.69) is 11.9 Å². The molecule has 2 unspecified atom stereocenters. The number of hydrogen-bond donors (Lipinski definition) is 1. The second kappa shape index (κ2) is 6.54. The summed E-state index contributed by atoms with van der Waals surface area (Å²) in [7, 11) is 0. The third-order valence-corrected chi connectivity index (χ3v) is 1.59. The zero-order chi connectivity index (χ0) is 11.1. The molecule has 2 atom stereocenters. The van der Waals surface area contributed by atoms with Crippen LogP contribution in [0.2, 0.25) is 0 Å². The SMILES string of the molecule is C=C(C)C(=O)OC(C)NC(F)CCC. The van der Waals surface area contributed by atoms with Crippen LogP contribution in [0.25, 0.3) is 0 Å². The zero-order valence-corrected chi connectivity index (χ0v) is 8.97. The maximum absolute atomic E-state index is 13.0. The number of carbonyl (C=O) groups is 1. The first-order valence-corrected chi connectivity index (χ1v) is 4.74. The molecule has 0 radical (unpaired) electrons. The van der Waals surface area contributed by atoms with Gasteiger partial charge in [-0.05, 0) is 20.3 Å². The minimum absolute atomic E-state index is 0.310. The van der Waals surface area contributed by atoms with E-state index in [1.165, 1.54) is 0 Å². The quantitative estimate of drug-likeness (QED) is 0.311. The number of carbonyl (C=O) groups excluding carboxylic acids is 1. The van der Waals surface area contributed by atoms with Crippen LogP contribution in [-0.4, -0.2) is 18.5 Å². The van der Waals surface area contributed by atoms with Crippen molar-refractivity contribution in [2.45, 2.75) is 46.1 Å². The largest absolute Gasteiger partial charge is 0.443 e. The Morgan fingerprint density at radius 2 is 2.21 bits per heavy atom. The highest BCUT2D eigenvalue weighted by atomic mass is 19.1. The number of ether oxygens (including phenoxy) is 1. The molecule has 0 amide bonds. The van der Waals surface area contributed by atoms with E-state index in [9.17, 15) is 9.18 Å². The molecule has 0 heterocycles. The van der Waals surface area contributed by atoms with Gasteiger partial charge in [0.05, 0.1) is 0 Å². The van der Waals surface area contributed by atoms with Crippen molar-refractivity contribution in [3.05, 3.63) is 12.2 Å². The zero-order valence-electron chi connectivity index (χ0n) is 8.97. The Kier molecular flexibility index (Phi) is 6.12. The van der Waals surface area contributed by atoms with E-state index in [1.54, 1.807) is 13.8 Å². The Hall–Kier alpha value is -0.900. The fourth-order valence-corrected chi connectivity index (χ4v) is 0.887. The molecule has 0 bridgehead atoms. The highest BCUT2D eigenvalue weighted by molar-refractivity contribution is 5.87. The number of hydrogen-bond acceptors (Lipinski definition) is 3. The van der Waals surface area contributed by atoms with Crippen LogP contribution >= 0.6 is 0 Å². The molecule has 0 aliphatic carbocycles. The highest BCUT2D eigenvalue weighted by Crippen LogP contribution is 2.01. The molecule has 3 nitrogen and oxygen atoms in total. The lowest BCUT2D eigenvalue weighted by molar-refractivity contribution is -0.145. The van der Waals surface area contributed by atoms with Crippen molar-refractivity contribution in [2.24, 2.45) is 0 Å². The van der Waals surface area contributed by atoms with E-state index in [0.29, 0.717) is 12.0 Å². The first-order valence-electron chi connectivity index (χ1n) is 4.74. The summed E-state index contributed by atoms with van der Waals surface area (Å²) in [5.74, 6) is -0.506. The Balaban J connectivity index is 3.80. The topological polar surface area (TPSA) is 38.3 Å². The average molecular weight is 203 g/mol. The van der Waals surface area contributed by atoms with Crippen LogP contribution in [0.4, 0.5) is 4.39 Å². The van der Waals surface area contributed by atoms with E-state index in [-0.39, 0.29) is 0 Å². The fraction of sp³-hybridized carbons (Fsp3) is 0.700. The maximum atomic E-state index is 13.0. The lowest BCUT2D eigenvalue weighted by Crippen LogP contribution is -2.36. The monoisotopic (exact) mass is 203 g/mol. The molecule has 82 valence electrons.